The number of aryl methyl sites for hydroxylation is 1. The van der Waals surface area contributed by atoms with Crippen LogP contribution in [0.4, 0.5) is 0 Å². The topological polar surface area (TPSA) is 12.0 Å². The molecule has 0 aliphatic carbocycles. The second-order valence-corrected chi connectivity index (χ2v) is 5.66. The summed E-state index contributed by atoms with van der Waals surface area (Å²) < 4.78 is 0. The summed E-state index contributed by atoms with van der Waals surface area (Å²) in [5, 5.41) is 3.57. The van der Waals surface area contributed by atoms with Gasteiger partial charge in [-0.15, -0.1) is 0 Å². The van der Waals surface area contributed by atoms with E-state index in [4.69, 9.17) is 0 Å². The van der Waals surface area contributed by atoms with Gasteiger partial charge in [-0.2, -0.15) is 0 Å². The summed E-state index contributed by atoms with van der Waals surface area (Å²) in [4.78, 5) is 0. The molecule has 1 aliphatic rings. The molecule has 1 heterocycles. The number of nitrogens with one attached hydrogen (secondary N) is 1. The molecule has 1 aliphatic heterocycles. The lowest BCUT2D eigenvalue weighted by Gasteiger charge is -2.33. The predicted octanol–water partition coefficient (Wildman–Crippen LogP) is 3.43. The van der Waals surface area contributed by atoms with E-state index in [1.807, 2.05) is 0 Å². The molecular weight excluding hydrogens is 206 g/mol. The van der Waals surface area contributed by atoms with E-state index < -0.39 is 0 Å². The van der Waals surface area contributed by atoms with Gasteiger partial charge in [-0.1, -0.05) is 38.1 Å². The average molecular weight is 231 g/mol. The second-order valence-electron chi connectivity index (χ2n) is 5.66. The number of hydrogen-bond acceptors (Lipinski definition) is 1. The average Bonchev–Trinajstić information content (AvgIpc) is 2.35. The molecular formula is C16H25N. The van der Waals surface area contributed by atoms with Crippen molar-refractivity contribution in [1.82, 2.24) is 5.32 Å². The SMILES string of the molecule is CCc1ccc(CC2CC(C)NCC2C)cc1. The maximum atomic E-state index is 3.57. The van der Waals surface area contributed by atoms with Gasteiger partial charge in [-0.05, 0) is 55.7 Å². The van der Waals surface area contributed by atoms with Crippen LogP contribution in [0, 0.1) is 11.8 Å². The standard InChI is InChI=1S/C16H25N/c1-4-14-5-7-15(8-6-14)10-16-9-13(3)17-11-12(16)2/h5-8,12-13,16-17H,4,9-11H2,1-3H3. The van der Waals surface area contributed by atoms with Crippen LogP contribution in [0.25, 0.3) is 0 Å². The van der Waals surface area contributed by atoms with Gasteiger partial charge in [0, 0.05) is 6.04 Å². The predicted molar refractivity (Wildman–Crippen MR) is 74.3 cm³/mol. The van der Waals surface area contributed by atoms with Crippen LogP contribution in [0.5, 0.6) is 0 Å². The van der Waals surface area contributed by atoms with E-state index >= 15 is 0 Å². The van der Waals surface area contributed by atoms with Gasteiger partial charge in [-0.25, -0.2) is 0 Å². The Bertz CT molecular complexity index is 341. The highest BCUT2D eigenvalue weighted by molar-refractivity contribution is 5.23. The zero-order valence-electron chi connectivity index (χ0n) is 11.4. The van der Waals surface area contributed by atoms with Crippen LogP contribution in [-0.2, 0) is 12.8 Å². The van der Waals surface area contributed by atoms with Crippen LogP contribution in [0.3, 0.4) is 0 Å². The summed E-state index contributed by atoms with van der Waals surface area (Å²) in [6.45, 7) is 8.08. The normalized spacial score (nSPS) is 29.2. The van der Waals surface area contributed by atoms with E-state index in [1.54, 1.807) is 0 Å². The van der Waals surface area contributed by atoms with Gasteiger partial charge in [-0.3, -0.25) is 0 Å². The van der Waals surface area contributed by atoms with Gasteiger partial charge in [0.15, 0.2) is 0 Å². The molecule has 0 radical (unpaired) electrons. The number of piperidine rings is 1. The van der Waals surface area contributed by atoms with Gasteiger partial charge in [0.05, 0.1) is 0 Å². The van der Waals surface area contributed by atoms with Crippen LogP contribution in [0.15, 0.2) is 24.3 Å². The highest BCUT2D eigenvalue weighted by Gasteiger charge is 2.24. The lowest BCUT2D eigenvalue weighted by Crippen LogP contribution is -2.41. The van der Waals surface area contributed by atoms with Crippen LogP contribution < -0.4 is 5.32 Å². The third-order valence-corrected chi connectivity index (χ3v) is 4.18. The molecule has 1 aromatic carbocycles. The summed E-state index contributed by atoms with van der Waals surface area (Å²) in [7, 11) is 0. The van der Waals surface area contributed by atoms with Crippen molar-refractivity contribution < 1.29 is 0 Å². The van der Waals surface area contributed by atoms with Crippen molar-refractivity contribution in [3.8, 4) is 0 Å². The van der Waals surface area contributed by atoms with Crippen molar-refractivity contribution >= 4 is 0 Å². The summed E-state index contributed by atoms with van der Waals surface area (Å²) in [5.41, 5.74) is 2.95. The van der Waals surface area contributed by atoms with Crippen molar-refractivity contribution in [1.29, 1.82) is 0 Å². The second kappa shape index (κ2) is 5.68. The molecule has 0 spiro atoms. The molecule has 94 valence electrons. The van der Waals surface area contributed by atoms with Crippen molar-refractivity contribution in [3.05, 3.63) is 35.4 Å². The summed E-state index contributed by atoms with van der Waals surface area (Å²) >= 11 is 0. The molecule has 1 fully saturated rings. The monoisotopic (exact) mass is 231 g/mol. The summed E-state index contributed by atoms with van der Waals surface area (Å²) in [5.74, 6) is 1.65. The third kappa shape index (κ3) is 3.32. The van der Waals surface area contributed by atoms with E-state index in [0.29, 0.717) is 6.04 Å². The molecule has 0 aromatic heterocycles. The van der Waals surface area contributed by atoms with Crippen molar-refractivity contribution in [2.45, 2.75) is 46.1 Å². The fourth-order valence-electron chi connectivity index (χ4n) is 2.82. The Morgan fingerprint density at radius 2 is 1.76 bits per heavy atom. The fraction of sp³-hybridized carbons (Fsp3) is 0.625. The Balaban J connectivity index is 1.98. The smallest absolute Gasteiger partial charge is 0.00417 e. The van der Waals surface area contributed by atoms with E-state index in [-0.39, 0.29) is 0 Å². The van der Waals surface area contributed by atoms with Crippen LogP contribution in [-0.4, -0.2) is 12.6 Å². The highest BCUT2D eigenvalue weighted by Crippen LogP contribution is 2.25. The third-order valence-electron chi connectivity index (χ3n) is 4.18. The Morgan fingerprint density at radius 1 is 1.12 bits per heavy atom. The molecule has 1 aromatic rings. The van der Waals surface area contributed by atoms with E-state index in [9.17, 15) is 0 Å². The Hall–Kier alpha value is -0.820. The van der Waals surface area contributed by atoms with Gasteiger partial charge >= 0.3 is 0 Å². The van der Waals surface area contributed by atoms with Gasteiger partial charge < -0.3 is 5.32 Å². The van der Waals surface area contributed by atoms with Crippen molar-refractivity contribution in [3.63, 3.8) is 0 Å². The summed E-state index contributed by atoms with van der Waals surface area (Å²) in [6, 6.07) is 9.89. The first-order valence-electron chi connectivity index (χ1n) is 7.00. The Morgan fingerprint density at radius 3 is 2.41 bits per heavy atom. The Kier molecular flexibility index (Phi) is 4.22. The minimum Gasteiger partial charge on any atom is -0.314 e. The zero-order chi connectivity index (χ0) is 12.3. The van der Waals surface area contributed by atoms with E-state index in [2.05, 4.69) is 50.4 Å². The molecule has 3 unspecified atom stereocenters. The molecule has 1 heteroatoms. The minimum atomic E-state index is 0.686. The quantitative estimate of drug-likeness (QED) is 0.840. The first kappa shape index (κ1) is 12.6. The first-order chi connectivity index (χ1) is 8.19. The van der Waals surface area contributed by atoms with E-state index in [0.717, 1.165) is 18.3 Å². The van der Waals surface area contributed by atoms with Crippen LogP contribution in [0.2, 0.25) is 0 Å². The number of benzene rings is 1. The highest BCUT2D eigenvalue weighted by atomic mass is 14.9. The molecule has 0 amide bonds. The minimum absolute atomic E-state index is 0.686. The molecule has 1 saturated heterocycles. The van der Waals surface area contributed by atoms with E-state index in [1.165, 1.54) is 30.5 Å². The van der Waals surface area contributed by atoms with Gasteiger partial charge in [0.1, 0.15) is 0 Å². The van der Waals surface area contributed by atoms with Crippen LogP contribution >= 0.6 is 0 Å². The van der Waals surface area contributed by atoms with Gasteiger partial charge in [0.25, 0.3) is 0 Å². The molecule has 3 atom stereocenters. The molecule has 2 rings (SSSR count). The fourth-order valence-corrected chi connectivity index (χ4v) is 2.82. The molecule has 0 bridgehead atoms. The lowest BCUT2D eigenvalue weighted by atomic mass is 9.80. The zero-order valence-corrected chi connectivity index (χ0v) is 11.4. The Labute approximate surface area is 106 Å². The molecule has 1 N–H and O–H groups in total. The van der Waals surface area contributed by atoms with Crippen molar-refractivity contribution in [2.75, 3.05) is 6.54 Å². The van der Waals surface area contributed by atoms with Crippen molar-refractivity contribution in [2.24, 2.45) is 11.8 Å². The largest absolute Gasteiger partial charge is 0.314 e. The number of hydrogen-bond donors (Lipinski definition) is 1. The molecule has 17 heavy (non-hydrogen) atoms. The molecule has 1 nitrogen and oxygen atoms in total. The maximum absolute atomic E-state index is 3.57. The maximum Gasteiger partial charge on any atom is 0.00417 e. The van der Waals surface area contributed by atoms with Gasteiger partial charge in [0.2, 0.25) is 0 Å². The number of rotatable bonds is 3. The first-order valence-corrected chi connectivity index (χ1v) is 7.00. The lowest BCUT2D eigenvalue weighted by molar-refractivity contribution is 0.231. The summed E-state index contributed by atoms with van der Waals surface area (Å²) in [6.07, 6.45) is 3.70. The van der Waals surface area contributed by atoms with Crippen LogP contribution in [0.1, 0.15) is 38.3 Å². The molecule has 0 saturated carbocycles.